The van der Waals surface area contributed by atoms with E-state index in [1.807, 2.05) is 29.5 Å². The van der Waals surface area contributed by atoms with Crippen LogP contribution in [0, 0.1) is 0 Å². The van der Waals surface area contributed by atoms with Crippen LogP contribution in [0.25, 0.3) is 87.2 Å². The average Bonchev–Trinajstić information content (AvgIpc) is 3.57. The molecule has 9 aromatic rings. The van der Waals surface area contributed by atoms with Gasteiger partial charge in [-0.05, 0) is 56.3 Å². The molecule has 0 unspecified atom stereocenters. The van der Waals surface area contributed by atoms with Crippen molar-refractivity contribution in [3.8, 4) is 67.0 Å². The Kier molecular flexibility index (Phi) is 7.34. The quantitative estimate of drug-likeness (QED) is 0.181. The highest BCUT2D eigenvalue weighted by atomic mass is 32.1. The lowest BCUT2D eigenvalue weighted by Crippen LogP contribution is -2.02. The maximum atomic E-state index is 4.91. The van der Waals surface area contributed by atoms with Gasteiger partial charge in [0, 0.05) is 36.9 Å². The van der Waals surface area contributed by atoms with Gasteiger partial charge in [-0.25, -0.2) is 0 Å². The van der Waals surface area contributed by atoms with Crippen LogP contribution in [-0.2, 0) is 0 Å². The molecule has 0 bridgehead atoms. The number of benzene rings is 7. The minimum atomic E-state index is 0.795. The van der Waals surface area contributed by atoms with Gasteiger partial charge < -0.3 is 0 Å². The molecule has 0 saturated heterocycles. The fourth-order valence-corrected chi connectivity index (χ4v) is 8.11. The molecule has 0 radical (unpaired) electrons. The number of rotatable bonds is 6. The summed E-state index contributed by atoms with van der Waals surface area (Å²) in [6.45, 7) is 0. The molecule has 0 N–H and O–H groups in total. The van der Waals surface area contributed by atoms with E-state index in [1.54, 1.807) is 0 Å². The van der Waals surface area contributed by atoms with Gasteiger partial charge in [0.15, 0.2) is 0 Å². The lowest BCUT2D eigenvalue weighted by molar-refractivity contribution is 0.879. The first kappa shape index (κ1) is 29.0. The molecular weight excluding hydrogens is 615 g/mol. The third-order valence-corrected chi connectivity index (χ3v) is 10.3. The van der Waals surface area contributed by atoms with Crippen LogP contribution in [0.1, 0.15) is 0 Å². The minimum absolute atomic E-state index is 0.795. The molecule has 49 heavy (non-hydrogen) atoms. The van der Waals surface area contributed by atoms with Gasteiger partial charge >= 0.3 is 0 Å². The summed E-state index contributed by atoms with van der Waals surface area (Å²) in [6.07, 6.45) is 0. The van der Waals surface area contributed by atoms with Crippen LogP contribution in [0.3, 0.4) is 0 Å². The molecule has 3 nitrogen and oxygen atoms in total. The van der Waals surface area contributed by atoms with Gasteiger partial charge in [0.05, 0.1) is 0 Å². The van der Waals surface area contributed by atoms with Crippen molar-refractivity contribution >= 4 is 31.5 Å². The molecule has 0 spiro atoms. The van der Waals surface area contributed by atoms with E-state index in [1.165, 1.54) is 36.9 Å². The van der Waals surface area contributed by atoms with Gasteiger partial charge in [0.25, 0.3) is 0 Å². The molecule has 0 aliphatic rings. The predicted molar refractivity (Wildman–Crippen MR) is 205 cm³/mol. The van der Waals surface area contributed by atoms with Crippen molar-refractivity contribution in [2.24, 2.45) is 0 Å². The molecule has 0 amide bonds. The Morgan fingerprint density at radius 3 is 1.53 bits per heavy atom. The second-order valence-electron chi connectivity index (χ2n) is 12.0. The first-order chi connectivity index (χ1) is 24.3. The van der Waals surface area contributed by atoms with Crippen molar-refractivity contribution in [1.29, 1.82) is 0 Å². The van der Waals surface area contributed by atoms with Crippen molar-refractivity contribution in [3.63, 3.8) is 0 Å². The van der Waals surface area contributed by atoms with Crippen LogP contribution in [0.5, 0.6) is 0 Å². The second-order valence-corrected chi connectivity index (χ2v) is 13.1. The fourth-order valence-electron chi connectivity index (χ4n) is 7.00. The molecule has 230 valence electrons. The maximum absolute atomic E-state index is 4.91. The fraction of sp³-hybridized carbons (Fsp3) is 0. The third kappa shape index (κ3) is 5.10. The van der Waals surface area contributed by atoms with Crippen molar-refractivity contribution in [1.82, 2.24) is 15.4 Å². The second kappa shape index (κ2) is 12.4. The van der Waals surface area contributed by atoms with Crippen LogP contribution in [0.4, 0.5) is 0 Å². The summed E-state index contributed by atoms with van der Waals surface area (Å²) in [7, 11) is 0. The SMILES string of the molecule is c1ccc(-c2ccccc2-c2c(-c3ccccc3)nnnc2-c2ccccc2-c2c(-c3ccccc3)ccc3sc4ccccc4c23)cc1. The minimum Gasteiger partial charge on any atom is -0.135 e. The van der Waals surface area contributed by atoms with E-state index in [9.17, 15) is 0 Å². The van der Waals surface area contributed by atoms with E-state index in [2.05, 4.69) is 163 Å². The Morgan fingerprint density at radius 1 is 0.327 bits per heavy atom. The Morgan fingerprint density at radius 2 is 0.837 bits per heavy atom. The van der Waals surface area contributed by atoms with E-state index in [0.29, 0.717) is 0 Å². The van der Waals surface area contributed by atoms with Crippen LogP contribution in [0.15, 0.2) is 176 Å². The summed E-state index contributed by atoms with van der Waals surface area (Å²) in [6, 6.07) is 62.0. The van der Waals surface area contributed by atoms with Gasteiger partial charge in [0.1, 0.15) is 11.4 Å². The van der Waals surface area contributed by atoms with E-state index in [0.717, 1.165) is 50.3 Å². The number of aromatic nitrogens is 3. The van der Waals surface area contributed by atoms with E-state index in [-0.39, 0.29) is 0 Å². The topological polar surface area (TPSA) is 38.7 Å². The van der Waals surface area contributed by atoms with E-state index in [4.69, 9.17) is 10.2 Å². The zero-order chi connectivity index (χ0) is 32.6. The Hall–Kier alpha value is -6.23. The molecule has 0 saturated carbocycles. The highest BCUT2D eigenvalue weighted by Gasteiger charge is 2.25. The lowest BCUT2D eigenvalue weighted by atomic mass is 9.85. The summed E-state index contributed by atoms with van der Waals surface area (Å²) < 4.78 is 2.53. The van der Waals surface area contributed by atoms with Crippen LogP contribution in [0.2, 0.25) is 0 Å². The summed E-state index contributed by atoms with van der Waals surface area (Å²) in [4.78, 5) is 0. The van der Waals surface area contributed by atoms with Crippen LogP contribution < -0.4 is 0 Å². The summed E-state index contributed by atoms with van der Waals surface area (Å²) in [5.74, 6) is 0. The number of hydrogen-bond acceptors (Lipinski definition) is 4. The molecule has 0 aliphatic heterocycles. The molecule has 0 aliphatic carbocycles. The highest BCUT2D eigenvalue weighted by molar-refractivity contribution is 7.26. The zero-order valence-corrected chi connectivity index (χ0v) is 27.3. The number of hydrogen-bond donors (Lipinski definition) is 0. The normalized spacial score (nSPS) is 11.3. The molecule has 2 heterocycles. The molecule has 9 rings (SSSR count). The van der Waals surface area contributed by atoms with Gasteiger partial charge in [-0.15, -0.1) is 21.5 Å². The van der Waals surface area contributed by atoms with Crippen LogP contribution in [-0.4, -0.2) is 15.4 Å². The van der Waals surface area contributed by atoms with Gasteiger partial charge in [-0.1, -0.05) is 164 Å². The van der Waals surface area contributed by atoms with Crippen LogP contribution >= 0.6 is 11.3 Å². The predicted octanol–water partition coefficient (Wildman–Crippen LogP) is 12.2. The largest absolute Gasteiger partial charge is 0.135 e. The van der Waals surface area contributed by atoms with E-state index < -0.39 is 0 Å². The van der Waals surface area contributed by atoms with Crippen molar-refractivity contribution in [2.75, 3.05) is 0 Å². The number of nitrogens with zero attached hydrogens (tertiary/aromatic N) is 3. The first-order valence-corrected chi connectivity index (χ1v) is 17.2. The molecule has 0 atom stereocenters. The zero-order valence-electron chi connectivity index (χ0n) is 26.5. The summed E-state index contributed by atoms with van der Waals surface area (Å²) in [5.41, 5.74) is 12.5. The number of fused-ring (bicyclic) bond motifs is 3. The van der Waals surface area contributed by atoms with Crippen molar-refractivity contribution < 1.29 is 0 Å². The first-order valence-electron chi connectivity index (χ1n) is 16.4. The monoisotopic (exact) mass is 643 g/mol. The highest BCUT2D eigenvalue weighted by Crippen LogP contribution is 2.49. The molecular formula is C45H29N3S. The van der Waals surface area contributed by atoms with Crippen molar-refractivity contribution in [2.45, 2.75) is 0 Å². The lowest BCUT2D eigenvalue weighted by Gasteiger charge is -2.20. The Labute approximate surface area is 288 Å². The molecule has 2 aromatic heterocycles. The van der Waals surface area contributed by atoms with Crippen molar-refractivity contribution in [3.05, 3.63) is 176 Å². The van der Waals surface area contributed by atoms with E-state index >= 15 is 0 Å². The maximum Gasteiger partial charge on any atom is 0.105 e. The summed E-state index contributed by atoms with van der Waals surface area (Å²) in [5, 5.41) is 16.6. The Balaban J connectivity index is 1.40. The third-order valence-electron chi connectivity index (χ3n) is 9.17. The average molecular weight is 644 g/mol. The van der Waals surface area contributed by atoms with Gasteiger partial charge in [0.2, 0.25) is 0 Å². The molecule has 0 fully saturated rings. The standard InChI is InChI=1S/C45H29N3S/c1-4-16-30(17-5-1)33-22-10-11-23-35(33)43-44(32-20-8-3-9-21-32)46-48-47-45(43)37-25-13-12-24-36(37)41-34(31-18-6-2-7-19-31)28-29-40-42(41)38-26-14-15-27-39(38)49-40/h1-29H. The van der Waals surface area contributed by atoms with Gasteiger partial charge in [-0.2, -0.15) is 0 Å². The summed E-state index contributed by atoms with van der Waals surface area (Å²) >= 11 is 1.84. The molecule has 4 heteroatoms. The van der Waals surface area contributed by atoms with Gasteiger partial charge in [-0.3, -0.25) is 0 Å². The number of thiophene rings is 1. The molecule has 7 aromatic carbocycles. The Bertz CT molecular complexity index is 2590. The smallest absolute Gasteiger partial charge is 0.105 e.